The number of benzene rings is 1. The van der Waals surface area contributed by atoms with Gasteiger partial charge in [0, 0.05) is 18.8 Å². The van der Waals surface area contributed by atoms with Crippen molar-refractivity contribution in [3.8, 4) is 11.5 Å². The largest absolute Gasteiger partial charge is 0.493 e. The van der Waals surface area contributed by atoms with Crippen molar-refractivity contribution < 1.29 is 9.47 Å². The van der Waals surface area contributed by atoms with Crippen molar-refractivity contribution in [3.63, 3.8) is 0 Å². The Morgan fingerprint density at radius 3 is 2.78 bits per heavy atom. The van der Waals surface area contributed by atoms with Gasteiger partial charge in [0.2, 0.25) is 0 Å². The molecule has 1 rings (SSSR count). The summed E-state index contributed by atoms with van der Waals surface area (Å²) in [4.78, 5) is 0. The molecule has 0 aromatic heterocycles. The third-order valence-corrected chi connectivity index (χ3v) is 3.59. The van der Waals surface area contributed by atoms with Crippen molar-refractivity contribution in [1.29, 1.82) is 0 Å². The highest BCUT2D eigenvalue weighted by Crippen LogP contribution is 2.36. The van der Waals surface area contributed by atoms with Crippen LogP contribution in [0.1, 0.15) is 12.5 Å². The summed E-state index contributed by atoms with van der Waals surface area (Å²) in [6, 6.07) is 4.08. The van der Waals surface area contributed by atoms with Gasteiger partial charge in [0.25, 0.3) is 0 Å². The average molecular weight is 334 g/mol. The van der Waals surface area contributed by atoms with Crippen LogP contribution in [0.15, 0.2) is 16.6 Å². The van der Waals surface area contributed by atoms with E-state index in [0.717, 1.165) is 34.8 Å². The van der Waals surface area contributed by atoms with Crippen molar-refractivity contribution in [3.05, 3.63) is 22.2 Å². The molecule has 0 radical (unpaired) electrons. The molecular formula is C13H20BrNO2S. The molecule has 1 aromatic rings. The third kappa shape index (κ3) is 4.71. The first-order valence-corrected chi connectivity index (χ1v) is 8.10. The average Bonchev–Trinajstić information content (AvgIpc) is 2.37. The molecule has 3 nitrogen and oxygen atoms in total. The zero-order chi connectivity index (χ0) is 13.4. The van der Waals surface area contributed by atoms with E-state index in [0.29, 0.717) is 6.61 Å². The van der Waals surface area contributed by atoms with Crippen LogP contribution in [0.2, 0.25) is 0 Å². The second kappa shape index (κ2) is 8.67. The number of hydrogen-bond donors (Lipinski definition) is 1. The molecule has 102 valence electrons. The molecule has 1 aromatic carbocycles. The predicted molar refractivity (Wildman–Crippen MR) is 82.0 cm³/mol. The quantitative estimate of drug-likeness (QED) is 0.739. The van der Waals surface area contributed by atoms with Crippen molar-refractivity contribution >= 4 is 27.7 Å². The van der Waals surface area contributed by atoms with Gasteiger partial charge in [-0.05, 0) is 46.8 Å². The molecule has 0 heterocycles. The summed E-state index contributed by atoms with van der Waals surface area (Å²) in [5.74, 6) is 2.66. The van der Waals surface area contributed by atoms with Crippen molar-refractivity contribution in [2.45, 2.75) is 13.5 Å². The van der Waals surface area contributed by atoms with Gasteiger partial charge < -0.3 is 14.8 Å². The molecule has 0 aliphatic rings. The van der Waals surface area contributed by atoms with Crippen LogP contribution in [-0.4, -0.2) is 32.3 Å². The SMILES string of the molecule is CCOc1c(Br)cc(CNCCSC)cc1OC. The van der Waals surface area contributed by atoms with Crippen molar-refractivity contribution in [1.82, 2.24) is 5.32 Å². The summed E-state index contributed by atoms with van der Waals surface area (Å²) in [6.07, 6.45) is 2.11. The summed E-state index contributed by atoms with van der Waals surface area (Å²) >= 11 is 5.37. The van der Waals surface area contributed by atoms with Crippen LogP contribution < -0.4 is 14.8 Å². The van der Waals surface area contributed by atoms with Crippen LogP contribution in [0.25, 0.3) is 0 Å². The fourth-order valence-corrected chi connectivity index (χ4v) is 2.52. The number of hydrogen-bond acceptors (Lipinski definition) is 4. The Balaban J connectivity index is 2.73. The number of halogens is 1. The van der Waals surface area contributed by atoms with Crippen LogP contribution in [0.4, 0.5) is 0 Å². The molecule has 0 atom stereocenters. The van der Waals surface area contributed by atoms with Crippen LogP contribution in [0.3, 0.4) is 0 Å². The predicted octanol–water partition coefficient (Wildman–Crippen LogP) is 3.31. The van der Waals surface area contributed by atoms with E-state index in [9.17, 15) is 0 Å². The minimum Gasteiger partial charge on any atom is -0.493 e. The maximum absolute atomic E-state index is 5.56. The zero-order valence-electron chi connectivity index (χ0n) is 11.1. The lowest BCUT2D eigenvalue weighted by Crippen LogP contribution is -2.16. The van der Waals surface area contributed by atoms with Crippen LogP contribution in [0, 0.1) is 0 Å². The van der Waals surface area contributed by atoms with Crippen LogP contribution >= 0.6 is 27.7 Å². The molecule has 5 heteroatoms. The van der Waals surface area contributed by atoms with Gasteiger partial charge in [-0.1, -0.05) is 0 Å². The molecule has 0 aliphatic heterocycles. The van der Waals surface area contributed by atoms with Crippen molar-refractivity contribution in [2.24, 2.45) is 0 Å². The highest BCUT2D eigenvalue weighted by atomic mass is 79.9. The Morgan fingerprint density at radius 2 is 2.17 bits per heavy atom. The topological polar surface area (TPSA) is 30.5 Å². The Hall–Kier alpha value is -0.390. The number of thioether (sulfide) groups is 1. The smallest absolute Gasteiger partial charge is 0.175 e. The van der Waals surface area contributed by atoms with E-state index in [1.54, 1.807) is 7.11 Å². The monoisotopic (exact) mass is 333 g/mol. The van der Waals surface area contributed by atoms with Gasteiger partial charge in [-0.3, -0.25) is 0 Å². The summed E-state index contributed by atoms with van der Waals surface area (Å²) in [7, 11) is 1.66. The van der Waals surface area contributed by atoms with Crippen molar-refractivity contribution in [2.75, 3.05) is 32.3 Å². The minimum absolute atomic E-state index is 0.625. The number of ether oxygens (including phenoxy) is 2. The van der Waals surface area contributed by atoms with E-state index < -0.39 is 0 Å². The van der Waals surface area contributed by atoms with Crippen LogP contribution in [-0.2, 0) is 6.54 Å². The first-order chi connectivity index (χ1) is 8.72. The van der Waals surface area contributed by atoms with E-state index in [-0.39, 0.29) is 0 Å². The van der Waals surface area contributed by atoms with Gasteiger partial charge in [0.15, 0.2) is 11.5 Å². The van der Waals surface area contributed by atoms with Gasteiger partial charge in [-0.15, -0.1) is 0 Å². The molecule has 0 amide bonds. The second-order valence-electron chi connectivity index (χ2n) is 3.71. The van der Waals surface area contributed by atoms with E-state index >= 15 is 0 Å². The highest BCUT2D eigenvalue weighted by molar-refractivity contribution is 9.10. The molecule has 0 bridgehead atoms. The standard InChI is InChI=1S/C13H20BrNO2S/c1-4-17-13-11(14)7-10(8-12(13)16-2)9-15-5-6-18-3/h7-8,15H,4-6,9H2,1-3H3. The Morgan fingerprint density at radius 1 is 1.39 bits per heavy atom. The lowest BCUT2D eigenvalue weighted by molar-refractivity contribution is 0.308. The molecule has 0 fully saturated rings. The Bertz CT molecular complexity index is 374. The molecule has 0 saturated carbocycles. The van der Waals surface area contributed by atoms with Gasteiger partial charge in [0.05, 0.1) is 18.2 Å². The summed E-state index contributed by atoms with van der Waals surface area (Å²) in [5, 5.41) is 3.39. The molecule has 1 N–H and O–H groups in total. The number of methoxy groups -OCH3 is 1. The van der Waals surface area contributed by atoms with Gasteiger partial charge in [-0.25, -0.2) is 0 Å². The maximum Gasteiger partial charge on any atom is 0.175 e. The number of rotatable bonds is 8. The Labute approximate surface area is 122 Å². The second-order valence-corrected chi connectivity index (χ2v) is 5.55. The molecule has 0 aliphatic carbocycles. The Kier molecular flexibility index (Phi) is 7.54. The first-order valence-electron chi connectivity index (χ1n) is 5.91. The van der Waals surface area contributed by atoms with E-state index in [4.69, 9.17) is 9.47 Å². The highest BCUT2D eigenvalue weighted by Gasteiger charge is 2.10. The zero-order valence-corrected chi connectivity index (χ0v) is 13.5. The summed E-state index contributed by atoms with van der Waals surface area (Å²) < 4.78 is 11.9. The fourth-order valence-electron chi connectivity index (χ4n) is 1.57. The van der Waals surface area contributed by atoms with Gasteiger partial charge in [-0.2, -0.15) is 11.8 Å². The first kappa shape index (κ1) is 15.7. The molecule has 18 heavy (non-hydrogen) atoms. The normalized spacial score (nSPS) is 10.4. The fraction of sp³-hybridized carbons (Fsp3) is 0.538. The van der Waals surface area contributed by atoms with E-state index in [2.05, 4.69) is 33.6 Å². The van der Waals surface area contributed by atoms with Gasteiger partial charge >= 0.3 is 0 Å². The lowest BCUT2D eigenvalue weighted by atomic mass is 10.2. The molecule has 0 unspecified atom stereocenters. The molecule has 0 saturated heterocycles. The molecular weight excluding hydrogens is 314 g/mol. The summed E-state index contributed by atoms with van der Waals surface area (Å²) in [5.41, 5.74) is 1.18. The van der Waals surface area contributed by atoms with Crippen LogP contribution in [0.5, 0.6) is 11.5 Å². The van der Waals surface area contributed by atoms with Gasteiger partial charge in [0.1, 0.15) is 0 Å². The van der Waals surface area contributed by atoms with E-state index in [1.807, 2.05) is 24.8 Å². The third-order valence-electron chi connectivity index (χ3n) is 2.39. The summed E-state index contributed by atoms with van der Waals surface area (Å²) in [6.45, 7) is 4.43. The number of nitrogens with one attached hydrogen (secondary N) is 1. The molecule has 0 spiro atoms. The van der Waals surface area contributed by atoms with E-state index in [1.165, 1.54) is 5.56 Å². The maximum atomic E-state index is 5.56. The lowest BCUT2D eigenvalue weighted by Gasteiger charge is -2.13. The minimum atomic E-state index is 0.625.